The fourth-order valence-electron chi connectivity index (χ4n) is 10.5. The predicted octanol–water partition coefficient (Wildman–Crippen LogP) is 15.2. The summed E-state index contributed by atoms with van der Waals surface area (Å²) in [5.41, 5.74) is 9.19. The molecule has 10 rings (SSSR count). The molecule has 2 atom stereocenters. The van der Waals surface area contributed by atoms with E-state index in [2.05, 4.69) is 122 Å². The van der Waals surface area contributed by atoms with Gasteiger partial charge in [0, 0.05) is 28.0 Å². The monoisotopic (exact) mass is 769 g/mol. The van der Waals surface area contributed by atoms with E-state index in [0.29, 0.717) is 17.1 Å². The average molecular weight is 770 g/mol. The molecule has 59 heavy (non-hydrogen) atoms. The third kappa shape index (κ3) is 7.20. The van der Waals surface area contributed by atoms with Crippen molar-refractivity contribution in [1.29, 1.82) is 5.41 Å². The number of benzene rings is 7. The first-order valence-corrected chi connectivity index (χ1v) is 21.8. The van der Waals surface area contributed by atoms with E-state index in [1.165, 1.54) is 88.7 Å². The zero-order valence-corrected chi connectivity index (χ0v) is 34.0. The van der Waals surface area contributed by atoms with Gasteiger partial charge in [-0.2, -0.15) is 0 Å². The number of para-hydroxylation sites is 2. The molecule has 1 N–H and O–H groups in total. The molecule has 2 aliphatic rings. The Kier molecular flexibility index (Phi) is 10.2. The van der Waals surface area contributed by atoms with Gasteiger partial charge in [0.15, 0.2) is 5.84 Å². The van der Waals surface area contributed by atoms with Crippen LogP contribution in [-0.2, 0) is 0 Å². The maximum Gasteiger partial charge on any atom is 0.157 e. The summed E-state index contributed by atoms with van der Waals surface area (Å²) in [6, 6.07) is 51.5. The minimum atomic E-state index is 0.175. The number of fused-ring (bicyclic) bond motifs is 5. The molecular formula is C55H51N3O. The van der Waals surface area contributed by atoms with Crippen LogP contribution in [0.1, 0.15) is 82.3 Å². The third-order valence-electron chi connectivity index (χ3n) is 13.4. The number of hydrogen-bond acceptors (Lipinski definition) is 2. The van der Waals surface area contributed by atoms with Gasteiger partial charge in [0.2, 0.25) is 0 Å². The van der Waals surface area contributed by atoms with Gasteiger partial charge in [-0.15, -0.1) is 0 Å². The Balaban J connectivity index is 1.12. The Morgan fingerprint density at radius 2 is 1.07 bits per heavy atom. The number of furan rings is 1. The maximum absolute atomic E-state index is 9.62. The van der Waals surface area contributed by atoms with E-state index < -0.39 is 0 Å². The fraction of sp³-hybridized carbons (Fsp3) is 0.255. The van der Waals surface area contributed by atoms with Gasteiger partial charge < -0.3 is 4.42 Å². The van der Waals surface area contributed by atoms with Crippen LogP contribution in [0.4, 0.5) is 0 Å². The van der Waals surface area contributed by atoms with Crippen LogP contribution in [0.15, 0.2) is 160 Å². The minimum Gasteiger partial charge on any atom is -0.455 e. The highest BCUT2D eigenvalue weighted by Gasteiger charge is 2.31. The second-order valence-electron chi connectivity index (χ2n) is 17.0. The molecule has 4 heteroatoms. The van der Waals surface area contributed by atoms with Gasteiger partial charge in [0.05, 0.1) is 5.56 Å². The van der Waals surface area contributed by atoms with Crippen LogP contribution < -0.4 is 0 Å². The molecule has 4 nitrogen and oxygen atoms in total. The molecule has 0 aliphatic heterocycles. The van der Waals surface area contributed by atoms with Gasteiger partial charge >= 0.3 is 0 Å². The quantitative estimate of drug-likeness (QED) is 0.0778. The van der Waals surface area contributed by atoms with Crippen molar-refractivity contribution >= 4 is 60.9 Å². The van der Waals surface area contributed by atoms with E-state index in [1.54, 1.807) is 0 Å². The summed E-state index contributed by atoms with van der Waals surface area (Å²) in [4.78, 5) is 10.9. The Hall–Kier alpha value is -6.13. The molecule has 2 fully saturated rings. The summed E-state index contributed by atoms with van der Waals surface area (Å²) in [7, 11) is 0. The number of hydrogen-bond donors (Lipinski definition) is 1. The molecule has 7 aromatic carbocycles. The standard InChI is InChI=1S/C55H51N3O/c1-36(51-44-24-10-12-26-46(44)52(47-27-13-11-25-45(47)51)40-33-31-39(32-34-40)37-17-4-2-5-18-37)57-55(42-22-9-8-21-41(35-42)38-19-6-3-7-20-38)58-54(56)49-29-16-28-48-43-23-14-15-30-50(43)59-53(48)49/h2,4-5,10-18,23-34,38,41-42,56H,3,6-9,19-22,35H2,1H3. The SMILES string of the molecule is CC(=NC(=NC(=N)c1cccc2c1oc1ccccc12)C1CCCCC(C2CCCCC2)C1)c1c2ccccc2c(-c2ccc(-c3ccccc3)cc2)c2ccccc12. The first-order valence-electron chi connectivity index (χ1n) is 21.8. The van der Waals surface area contributed by atoms with Crippen molar-refractivity contribution in [3.8, 4) is 22.3 Å². The van der Waals surface area contributed by atoms with Crippen LogP contribution in [0.25, 0.3) is 65.7 Å². The summed E-state index contributed by atoms with van der Waals surface area (Å²) in [5, 5.41) is 16.5. The normalized spacial score (nSPS) is 18.5. The Morgan fingerprint density at radius 3 is 1.80 bits per heavy atom. The van der Waals surface area contributed by atoms with Crippen molar-refractivity contribution in [2.75, 3.05) is 0 Å². The van der Waals surface area contributed by atoms with E-state index in [-0.39, 0.29) is 11.8 Å². The molecular weight excluding hydrogens is 719 g/mol. The zero-order chi connectivity index (χ0) is 39.7. The van der Waals surface area contributed by atoms with Crippen molar-refractivity contribution in [3.05, 3.63) is 157 Å². The fourth-order valence-corrected chi connectivity index (χ4v) is 10.5. The smallest absolute Gasteiger partial charge is 0.157 e. The molecule has 1 aromatic heterocycles. The molecule has 0 radical (unpaired) electrons. The lowest BCUT2D eigenvalue weighted by Crippen LogP contribution is -2.23. The lowest BCUT2D eigenvalue weighted by atomic mass is 9.75. The highest BCUT2D eigenvalue weighted by atomic mass is 16.3. The van der Waals surface area contributed by atoms with E-state index in [9.17, 15) is 5.41 Å². The largest absolute Gasteiger partial charge is 0.455 e. The molecule has 2 aliphatic carbocycles. The van der Waals surface area contributed by atoms with Crippen LogP contribution in [-0.4, -0.2) is 17.4 Å². The van der Waals surface area contributed by atoms with Crippen molar-refractivity contribution in [2.24, 2.45) is 27.7 Å². The van der Waals surface area contributed by atoms with E-state index in [0.717, 1.165) is 58.6 Å². The summed E-state index contributed by atoms with van der Waals surface area (Å²) in [5.74, 6) is 2.63. The van der Waals surface area contributed by atoms with E-state index in [1.807, 2.05) is 30.3 Å². The first kappa shape index (κ1) is 37.2. The minimum absolute atomic E-state index is 0.175. The Labute approximate surface area is 347 Å². The van der Waals surface area contributed by atoms with Gasteiger partial charge in [0.1, 0.15) is 17.0 Å². The van der Waals surface area contributed by atoms with Gasteiger partial charge in [-0.25, -0.2) is 9.98 Å². The molecule has 0 spiro atoms. The van der Waals surface area contributed by atoms with Crippen LogP contribution in [0.2, 0.25) is 0 Å². The Morgan fingerprint density at radius 1 is 0.508 bits per heavy atom. The second-order valence-corrected chi connectivity index (χ2v) is 17.0. The topological polar surface area (TPSA) is 61.7 Å². The van der Waals surface area contributed by atoms with Crippen molar-refractivity contribution in [3.63, 3.8) is 0 Å². The summed E-state index contributed by atoms with van der Waals surface area (Å²) >= 11 is 0. The lowest BCUT2D eigenvalue weighted by molar-refractivity contribution is 0.219. The molecule has 0 saturated heterocycles. The van der Waals surface area contributed by atoms with Gasteiger partial charge in [0.25, 0.3) is 0 Å². The van der Waals surface area contributed by atoms with Crippen molar-refractivity contribution < 1.29 is 4.42 Å². The summed E-state index contributed by atoms with van der Waals surface area (Å²) < 4.78 is 6.43. The number of nitrogens with zero attached hydrogens (tertiary/aromatic N) is 2. The van der Waals surface area contributed by atoms with Crippen LogP contribution >= 0.6 is 0 Å². The number of amidine groups is 2. The molecule has 1 heterocycles. The number of nitrogens with one attached hydrogen (secondary N) is 1. The molecule has 0 bridgehead atoms. The maximum atomic E-state index is 9.62. The van der Waals surface area contributed by atoms with Crippen LogP contribution in [0, 0.1) is 23.2 Å². The van der Waals surface area contributed by atoms with Gasteiger partial charge in [-0.1, -0.05) is 185 Å². The summed E-state index contributed by atoms with van der Waals surface area (Å²) in [6.07, 6.45) is 12.6. The molecule has 292 valence electrons. The van der Waals surface area contributed by atoms with Gasteiger partial charge in [-0.3, -0.25) is 5.41 Å². The predicted molar refractivity (Wildman–Crippen MR) is 249 cm³/mol. The average Bonchev–Trinajstić information content (AvgIpc) is 3.49. The highest BCUT2D eigenvalue weighted by Crippen LogP contribution is 2.42. The van der Waals surface area contributed by atoms with Crippen molar-refractivity contribution in [1.82, 2.24) is 0 Å². The van der Waals surface area contributed by atoms with E-state index in [4.69, 9.17) is 14.4 Å². The Bertz CT molecular complexity index is 2820. The number of rotatable bonds is 6. The third-order valence-corrected chi connectivity index (χ3v) is 13.4. The highest BCUT2D eigenvalue weighted by molar-refractivity contribution is 6.27. The first-order chi connectivity index (χ1) is 29.1. The van der Waals surface area contributed by atoms with E-state index >= 15 is 0 Å². The molecule has 8 aromatic rings. The van der Waals surface area contributed by atoms with Crippen LogP contribution in [0.5, 0.6) is 0 Å². The van der Waals surface area contributed by atoms with Crippen LogP contribution in [0.3, 0.4) is 0 Å². The van der Waals surface area contributed by atoms with Crippen molar-refractivity contribution in [2.45, 2.75) is 71.1 Å². The molecule has 2 saturated carbocycles. The molecule has 0 amide bonds. The lowest BCUT2D eigenvalue weighted by Gasteiger charge is -2.31. The zero-order valence-electron chi connectivity index (χ0n) is 34.0. The number of aliphatic imine (C=N–C) groups is 2. The van der Waals surface area contributed by atoms with Gasteiger partial charge in [-0.05, 0) is 87.5 Å². The second kappa shape index (κ2) is 16.3. The summed E-state index contributed by atoms with van der Waals surface area (Å²) in [6.45, 7) is 2.16. The molecule has 2 unspecified atom stereocenters.